The average molecular weight is 305 g/mol. The molecule has 0 radical (unpaired) electrons. The standard InChI is InChI=1S/C10H13BrN2O2S/c1-2-6(5-8(12)16)13-10(14)7-3-4-15-9(7)11/h3-4,6H,2,5H2,1H3,(H2,12,16)(H,13,14). The van der Waals surface area contributed by atoms with Crippen molar-refractivity contribution in [1.82, 2.24) is 5.32 Å². The zero-order valence-corrected chi connectivity index (χ0v) is 11.2. The summed E-state index contributed by atoms with van der Waals surface area (Å²) in [5, 5.41) is 2.84. The fraction of sp³-hybridized carbons (Fsp3) is 0.400. The van der Waals surface area contributed by atoms with Crippen LogP contribution >= 0.6 is 28.1 Å². The Morgan fingerprint density at radius 3 is 2.88 bits per heavy atom. The van der Waals surface area contributed by atoms with E-state index in [1.54, 1.807) is 6.07 Å². The molecule has 1 aromatic rings. The molecule has 1 atom stereocenters. The van der Waals surface area contributed by atoms with Crippen molar-refractivity contribution in [2.75, 3.05) is 0 Å². The normalized spacial score (nSPS) is 12.1. The van der Waals surface area contributed by atoms with Gasteiger partial charge in [-0.15, -0.1) is 0 Å². The summed E-state index contributed by atoms with van der Waals surface area (Å²) in [5.74, 6) is -0.191. The average Bonchev–Trinajstić information content (AvgIpc) is 2.62. The lowest BCUT2D eigenvalue weighted by Gasteiger charge is -2.15. The van der Waals surface area contributed by atoms with Crippen molar-refractivity contribution in [2.45, 2.75) is 25.8 Å². The van der Waals surface area contributed by atoms with Gasteiger partial charge in [-0.05, 0) is 28.4 Å². The Balaban J connectivity index is 2.62. The first-order valence-electron chi connectivity index (χ1n) is 4.86. The number of nitrogens with two attached hydrogens (primary N) is 1. The monoisotopic (exact) mass is 304 g/mol. The van der Waals surface area contributed by atoms with Gasteiger partial charge in [-0.1, -0.05) is 19.1 Å². The van der Waals surface area contributed by atoms with E-state index < -0.39 is 0 Å². The first-order valence-corrected chi connectivity index (χ1v) is 6.06. The SMILES string of the molecule is CCC(CC(N)=S)NC(=O)c1ccoc1Br. The number of carbonyl (C=O) groups excluding carboxylic acids is 1. The van der Waals surface area contributed by atoms with E-state index in [4.69, 9.17) is 22.4 Å². The lowest BCUT2D eigenvalue weighted by atomic mass is 10.1. The highest BCUT2D eigenvalue weighted by atomic mass is 79.9. The van der Waals surface area contributed by atoms with Crippen molar-refractivity contribution >= 4 is 39.0 Å². The van der Waals surface area contributed by atoms with Crippen LogP contribution in [-0.4, -0.2) is 16.9 Å². The van der Waals surface area contributed by atoms with Gasteiger partial charge in [-0.25, -0.2) is 0 Å². The molecular weight excluding hydrogens is 292 g/mol. The van der Waals surface area contributed by atoms with Crippen LogP contribution in [0.4, 0.5) is 0 Å². The van der Waals surface area contributed by atoms with Gasteiger partial charge in [0.15, 0.2) is 4.67 Å². The number of nitrogens with one attached hydrogen (secondary N) is 1. The summed E-state index contributed by atoms with van der Waals surface area (Å²) in [6, 6.07) is 1.57. The molecule has 4 nitrogen and oxygen atoms in total. The van der Waals surface area contributed by atoms with Gasteiger partial charge in [-0.3, -0.25) is 4.79 Å². The van der Waals surface area contributed by atoms with Gasteiger partial charge >= 0.3 is 0 Å². The van der Waals surface area contributed by atoms with Crippen molar-refractivity contribution in [2.24, 2.45) is 5.73 Å². The van der Waals surface area contributed by atoms with E-state index in [2.05, 4.69) is 21.2 Å². The molecule has 1 aromatic heterocycles. The maximum absolute atomic E-state index is 11.8. The van der Waals surface area contributed by atoms with Crippen LogP contribution in [0.1, 0.15) is 30.1 Å². The largest absolute Gasteiger partial charge is 0.457 e. The van der Waals surface area contributed by atoms with Crippen LogP contribution in [-0.2, 0) is 0 Å². The summed E-state index contributed by atoms with van der Waals surface area (Å²) >= 11 is 7.97. The third-order valence-corrected chi connectivity index (χ3v) is 2.92. The van der Waals surface area contributed by atoms with Gasteiger partial charge in [-0.2, -0.15) is 0 Å². The molecular formula is C10H13BrN2O2S. The maximum atomic E-state index is 11.8. The summed E-state index contributed by atoms with van der Waals surface area (Å²) in [7, 11) is 0. The molecule has 6 heteroatoms. The molecule has 1 heterocycles. The zero-order chi connectivity index (χ0) is 12.1. The Kier molecular flexibility index (Phi) is 4.95. The Hall–Kier alpha value is -0.880. The molecule has 1 rings (SSSR count). The molecule has 0 aliphatic carbocycles. The molecule has 3 N–H and O–H groups in total. The number of thiocarbonyl (C=S) groups is 1. The highest BCUT2D eigenvalue weighted by Crippen LogP contribution is 2.17. The van der Waals surface area contributed by atoms with Crippen molar-refractivity contribution < 1.29 is 9.21 Å². The molecule has 0 fully saturated rings. The first-order chi connectivity index (χ1) is 7.54. The van der Waals surface area contributed by atoms with E-state index in [1.165, 1.54) is 6.26 Å². The fourth-order valence-corrected chi connectivity index (χ4v) is 1.88. The molecule has 1 amide bonds. The van der Waals surface area contributed by atoms with Gasteiger partial charge in [0.1, 0.15) is 0 Å². The van der Waals surface area contributed by atoms with E-state index in [-0.39, 0.29) is 11.9 Å². The second kappa shape index (κ2) is 6.00. The third-order valence-electron chi connectivity index (χ3n) is 2.14. The zero-order valence-electron chi connectivity index (χ0n) is 8.83. The van der Waals surface area contributed by atoms with E-state index in [0.29, 0.717) is 21.6 Å². The van der Waals surface area contributed by atoms with Crippen LogP contribution < -0.4 is 11.1 Å². The summed E-state index contributed by atoms with van der Waals surface area (Å²) in [6.45, 7) is 1.97. The van der Waals surface area contributed by atoms with Crippen LogP contribution in [0.15, 0.2) is 21.4 Å². The Morgan fingerprint density at radius 2 is 2.44 bits per heavy atom. The van der Waals surface area contributed by atoms with Crippen molar-refractivity contribution in [1.29, 1.82) is 0 Å². The number of furan rings is 1. The molecule has 0 aliphatic rings. The van der Waals surface area contributed by atoms with E-state index in [1.807, 2.05) is 6.92 Å². The highest BCUT2D eigenvalue weighted by molar-refractivity contribution is 9.10. The van der Waals surface area contributed by atoms with Crippen molar-refractivity contribution in [3.63, 3.8) is 0 Å². The van der Waals surface area contributed by atoms with Gasteiger partial charge in [0.25, 0.3) is 5.91 Å². The Bertz CT molecular complexity index is 392. The van der Waals surface area contributed by atoms with E-state index >= 15 is 0 Å². The fourth-order valence-electron chi connectivity index (χ4n) is 1.26. The summed E-state index contributed by atoms with van der Waals surface area (Å²) < 4.78 is 5.41. The second-order valence-corrected chi connectivity index (χ2v) is 4.60. The third kappa shape index (κ3) is 3.61. The lowest BCUT2D eigenvalue weighted by Crippen LogP contribution is -2.37. The quantitative estimate of drug-likeness (QED) is 0.819. The number of rotatable bonds is 5. The van der Waals surface area contributed by atoms with E-state index in [9.17, 15) is 4.79 Å². The Morgan fingerprint density at radius 1 is 1.75 bits per heavy atom. The summed E-state index contributed by atoms with van der Waals surface area (Å²) in [5.41, 5.74) is 5.92. The number of hydrogen-bond donors (Lipinski definition) is 2. The van der Waals surface area contributed by atoms with Crippen LogP contribution in [0.3, 0.4) is 0 Å². The first kappa shape index (κ1) is 13.2. The topological polar surface area (TPSA) is 68.3 Å². The molecule has 88 valence electrons. The van der Waals surface area contributed by atoms with Gasteiger partial charge < -0.3 is 15.5 Å². The second-order valence-electron chi connectivity index (χ2n) is 3.36. The van der Waals surface area contributed by atoms with Crippen molar-refractivity contribution in [3.8, 4) is 0 Å². The summed E-state index contributed by atoms with van der Waals surface area (Å²) in [6.07, 6.45) is 2.74. The molecule has 0 bridgehead atoms. The minimum Gasteiger partial charge on any atom is -0.457 e. The Labute approximate surface area is 108 Å². The van der Waals surface area contributed by atoms with E-state index in [0.717, 1.165) is 6.42 Å². The smallest absolute Gasteiger partial charge is 0.255 e. The molecule has 0 aromatic carbocycles. The molecule has 16 heavy (non-hydrogen) atoms. The highest BCUT2D eigenvalue weighted by Gasteiger charge is 2.16. The lowest BCUT2D eigenvalue weighted by molar-refractivity contribution is 0.0935. The van der Waals surface area contributed by atoms with Crippen LogP contribution in [0.2, 0.25) is 0 Å². The molecule has 0 spiro atoms. The van der Waals surface area contributed by atoms with Gasteiger partial charge in [0, 0.05) is 12.5 Å². The van der Waals surface area contributed by atoms with Crippen molar-refractivity contribution in [3.05, 3.63) is 22.6 Å². The number of hydrogen-bond acceptors (Lipinski definition) is 3. The predicted octanol–water partition coefficient (Wildman–Crippen LogP) is 2.23. The minimum absolute atomic E-state index is 0.0354. The van der Waals surface area contributed by atoms with Gasteiger partial charge in [0.2, 0.25) is 0 Å². The van der Waals surface area contributed by atoms with Crippen LogP contribution in [0.25, 0.3) is 0 Å². The minimum atomic E-state index is -0.191. The van der Waals surface area contributed by atoms with Gasteiger partial charge in [0.05, 0.1) is 16.8 Å². The predicted molar refractivity (Wildman–Crippen MR) is 69.4 cm³/mol. The molecule has 0 saturated heterocycles. The molecule has 0 aliphatic heterocycles. The number of carbonyl (C=O) groups is 1. The summed E-state index contributed by atoms with van der Waals surface area (Å²) in [4.78, 5) is 12.2. The maximum Gasteiger partial charge on any atom is 0.255 e. The number of halogens is 1. The van der Waals surface area contributed by atoms with Crippen LogP contribution in [0, 0.1) is 0 Å². The molecule has 1 unspecified atom stereocenters. The molecule has 0 saturated carbocycles. The number of amides is 1. The van der Waals surface area contributed by atoms with Crippen LogP contribution in [0.5, 0.6) is 0 Å².